The van der Waals surface area contributed by atoms with Crippen molar-refractivity contribution < 1.29 is 9.13 Å². The van der Waals surface area contributed by atoms with Crippen molar-refractivity contribution in [1.82, 2.24) is 9.78 Å². The molecule has 0 N–H and O–H groups in total. The van der Waals surface area contributed by atoms with Crippen molar-refractivity contribution in [2.75, 3.05) is 7.11 Å². The first kappa shape index (κ1) is 13.6. The van der Waals surface area contributed by atoms with E-state index in [1.54, 1.807) is 30.1 Å². The highest BCUT2D eigenvalue weighted by Gasteiger charge is 2.09. The molecule has 21 heavy (non-hydrogen) atoms. The van der Waals surface area contributed by atoms with Crippen molar-refractivity contribution in [2.45, 2.75) is 0 Å². The van der Waals surface area contributed by atoms with Gasteiger partial charge in [0.05, 0.1) is 29.7 Å². The van der Waals surface area contributed by atoms with Gasteiger partial charge in [-0.2, -0.15) is 5.10 Å². The smallest absolute Gasteiger partial charge is 0.141 e. The molecule has 106 valence electrons. The summed E-state index contributed by atoms with van der Waals surface area (Å²) < 4.78 is 20.1. The Kier molecular flexibility index (Phi) is 3.62. The van der Waals surface area contributed by atoms with Gasteiger partial charge in [-0.1, -0.05) is 11.6 Å². The molecule has 0 bridgehead atoms. The summed E-state index contributed by atoms with van der Waals surface area (Å²) in [6, 6.07) is 14.1. The Labute approximate surface area is 126 Å². The van der Waals surface area contributed by atoms with E-state index >= 15 is 0 Å². The van der Waals surface area contributed by atoms with Gasteiger partial charge in [0.1, 0.15) is 11.6 Å². The van der Waals surface area contributed by atoms with E-state index in [0.717, 1.165) is 17.0 Å². The Hall–Kier alpha value is -2.33. The molecule has 1 aromatic heterocycles. The van der Waals surface area contributed by atoms with Gasteiger partial charge in [-0.25, -0.2) is 9.07 Å². The number of methoxy groups -OCH3 is 1. The molecule has 0 aliphatic rings. The molecular formula is C16H12ClFN2O. The van der Waals surface area contributed by atoms with Crippen LogP contribution in [0.2, 0.25) is 5.02 Å². The van der Waals surface area contributed by atoms with E-state index in [-0.39, 0.29) is 5.02 Å². The highest BCUT2D eigenvalue weighted by Crippen LogP contribution is 2.26. The van der Waals surface area contributed by atoms with Crippen LogP contribution >= 0.6 is 11.6 Å². The van der Waals surface area contributed by atoms with Crippen molar-refractivity contribution in [3.05, 3.63) is 65.6 Å². The quantitative estimate of drug-likeness (QED) is 0.719. The highest BCUT2D eigenvalue weighted by atomic mass is 35.5. The van der Waals surface area contributed by atoms with Crippen LogP contribution in [0, 0.1) is 5.82 Å². The molecule has 0 amide bonds. The fourth-order valence-electron chi connectivity index (χ4n) is 2.11. The number of ether oxygens (including phenoxy) is 1. The molecule has 3 rings (SSSR count). The Morgan fingerprint density at radius 3 is 2.52 bits per heavy atom. The molecule has 0 fully saturated rings. The standard InChI is InChI=1S/C16H12ClFN2O/c1-21-13-5-2-11(3-6-13)16-8-9-19-20(16)12-4-7-15(18)14(17)10-12/h2-10H,1H3. The van der Waals surface area contributed by atoms with Gasteiger partial charge in [-0.15, -0.1) is 0 Å². The summed E-state index contributed by atoms with van der Waals surface area (Å²) in [5, 5.41) is 4.35. The van der Waals surface area contributed by atoms with E-state index in [1.807, 2.05) is 30.3 Å². The van der Waals surface area contributed by atoms with E-state index < -0.39 is 5.82 Å². The van der Waals surface area contributed by atoms with Crippen molar-refractivity contribution in [1.29, 1.82) is 0 Å². The van der Waals surface area contributed by atoms with Crippen molar-refractivity contribution in [3.63, 3.8) is 0 Å². The van der Waals surface area contributed by atoms with E-state index in [4.69, 9.17) is 16.3 Å². The molecule has 1 heterocycles. The summed E-state index contributed by atoms with van der Waals surface area (Å²) >= 11 is 5.84. The summed E-state index contributed by atoms with van der Waals surface area (Å²) in [6.45, 7) is 0. The number of benzene rings is 2. The molecule has 0 spiro atoms. The largest absolute Gasteiger partial charge is 0.497 e. The van der Waals surface area contributed by atoms with E-state index in [1.165, 1.54) is 6.07 Å². The molecule has 0 unspecified atom stereocenters. The third-order valence-electron chi connectivity index (χ3n) is 3.18. The molecule has 3 nitrogen and oxygen atoms in total. The van der Waals surface area contributed by atoms with Gasteiger partial charge >= 0.3 is 0 Å². The van der Waals surface area contributed by atoms with Crippen LogP contribution in [0.25, 0.3) is 16.9 Å². The summed E-state index contributed by atoms with van der Waals surface area (Å²) in [6.07, 6.45) is 1.69. The Morgan fingerprint density at radius 2 is 1.86 bits per heavy atom. The molecular weight excluding hydrogens is 291 g/mol. The van der Waals surface area contributed by atoms with Crippen molar-refractivity contribution in [2.24, 2.45) is 0 Å². The molecule has 0 radical (unpaired) electrons. The predicted molar refractivity (Wildman–Crippen MR) is 80.5 cm³/mol. The topological polar surface area (TPSA) is 27.1 Å². The van der Waals surface area contributed by atoms with E-state index in [0.29, 0.717) is 5.69 Å². The fourth-order valence-corrected chi connectivity index (χ4v) is 2.28. The maximum Gasteiger partial charge on any atom is 0.141 e. The van der Waals surface area contributed by atoms with Gasteiger partial charge in [0.25, 0.3) is 0 Å². The lowest BCUT2D eigenvalue weighted by molar-refractivity contribution is 0.415. The minimum atomic E-state index is -0.446. The van der Waals surface area contributed by atoms with Gasteiger partial charge in [-0.05, 0) is 48.5 Å². The molecule has 5 heteroatoms. The first-order valence-corrected chi connectivity index (χ1v) is 6.71. The Balaban J connectivity index is 2.05. The zero-order valence-electron chi connectivity index (χ0n) is 11.3. The number of hydrogen-bond donors (Lipinski definition) is 0. The first-order valence-electron chi connectivity index (χ1n) is 6.33. The van der Waals surface area contributed by atoms with Crippen LogP contribution in [-0.4, -0.2) is 16.9 Å². The maximum absolute atomic E-state index is 13.3. The van der Waals surface area contributed by atoms with E-state index in [9.17, 15) is 4.39 Å². The van der Waals surface area contributed by atoms with Gasteiger partial charge in [0.2, 0.25) is 0 Å². The lowest BCUT2D eigenvalue weighted by Gasteiger charge is -2.09. The minimum absolute atomic E-state index is 0.0729. The molecule has 2 aromatic carbocycles. The Bertz CT molecular complexity index is 768. The second-order valence-electron chi connectivity index (χ2n) is 4.46. The number of nitrogens with zero attached hydrogens (tertiary/aromatic N) is 2. The molecule has 0 saturated heterocycles. The van der Waals surface area contributed by atoms with Crippen molar-refractivity contribution >= 4 is 11.6 Å². The van der Waals surface area contributed by atoms with Crippen LogP contribution in [0.5, 0.6) is 5.75 Å². The van der Waals surface area contributed by atoms with Gasteiger partial charge in [0, 0.05) is 5.56 Å². The average molecular weight is 303 g/mol. The van der Waals surface area contributed by atoms with Crippen LogP contribution in [0.4, 0.5) is 4.39 Å². The monoisotopic (exact) mass is 302 g/mol. The summed E-state index contributed by atoms with van der Waals surface area (Å²) in [4.78, 5) is 0. The average Bonchev–Trinajstić information content (AvgIpc) is 2.99. The summed E-state index contributed by atoms with van der Waals surface area (Å²) in [5.41, 5.74) is 2.58. The summed E-state index contributed by atoms with van der Waals surface area (Å²) in [5.74, 6) is 0.341. The zero-order chi connectivity index (χ0) is 14.8. The van der Waals surface area contributed by atoms with Crippen LogP contribution in [-0.2, 0) is 0 Å². The minimum Gasteiger partial charge on any atom is -0.497 e. The van der Waals surface area contributed by atoms with Crippen LogP contribution < -0.4 is 4.74 Å². The van der Waals surface area contributed by atoms with Crippen LogP contribution in [0.3, 0.4) is 0 Å². The van der Waals surface area contributed by atoms with Crippen LogP contribution in [0.1, 0.15) is 0 Å². The first-order chi connectivity index (χ1) is 10.2. The van der Waals surface area contributed by atoms with E-state index in [2.05, 4.69) is 5.10 Å². The van der Waals surface area contributed by atoms with Crippen LogP contribution in [0.15, 0.2) is 54.7 Å². The molecule has 3 aromatic rings. The lowest BCUT2D eigenvalue weighted by Crippen LogP contribution is -1.99. The zero-order valence-corrected chi connectivity index (χ0v) is 12.0. The van der Waals surface area contributed by atoms with Gasteiger partial charge < -0.3 is 4.74 Å². The normalized spacial score (nSPS) is 10.6. The van der Waals surface area contributed by atoms with Gasteiger partial charge in [-0.3, -0.25) is 0 Å². The number of hydrogen-bond acceptors (Lipinski definition) is 2. The SMILES string of the molecule is COc1ccc(-c2ccnn2-c2ccc(F)c(Cl)c2)cc1. The molecule has 0 aliphatic carbocycles. The maximum atomic E-state index is 13.3. The molecule has 0 atom stereocenters. The molecule has 0 saturated carbocycles. The Morgan fingerprint density at radius 1 is 1.10 bits per heavy atom. The van der Waals surface area contributed by atoms with Crippen molar-refractivity contribution in [3.8, 4) is 22.7 Å². The predicted octanol–water partition coefficient (Wildman–Crippen LogP) is 4.34. The fraction of sp³-hybridized carbons (Fsp3) is 0.0625. The second kappa shape index (κ2) is 5.58. The second-order valence-corrected chi connectivity index (χ2v) is 4.86. The number of halogens is 2. The highest BCUT2D eigenvalue weighted by molar-refractivity contribution is 6.30. The lowest BCUT2D eigenvalue weighted by atomic mass is 10.1. The summed E-state index contributed by atoms with van der Waals surface area (Å²) in [7, 11) is 1.62. The number of aromatic nitrogens is 2. The molecule has 0 aliphatic heterocycles. The third-order valence-corrected chi connectivity index (χ3v) is 3.47. The third kappa shape index (κ3) is 2.62. The number of rotatable bonds is 3. The van der Waals surface area contributed by atoms with Gasteiger partial charge in [0.15, 0.2) is 0 Å².